The van der Waals surface area contributed by atoms with Crippen molar-refractivity contribution in [2.75, 3.05) is 0 Å². The highest BCUT2D eigenvalue weighted by atomic mass is 35.5. The molecule has 0 bridgehead atoms. The third-order valence-corrected chi connectivity index (χ3v) is 3.16. The van der Waals surface area contributed by atoms with Crippen LogP contribution in [-0.4, -0.2) is 9.38 Å². The Kier molecular flexibility index (Phi) is 2.56. The summed E-state index contributed by atoms with van der Waals surface area (Å²) in [5.74, 6) is -0.247. The maximum absolute atomic E-state index is 12.9. The second-order valence-corrected chi connectivity index (χ2v) is 4.56. The summed E-state index contributed by atoms with van der Waals surface area (Å²) in [5, 5.41) is 0.661. The Balaban J connectivity index is 2.23. The highest BCUT2D eigenvalue weighted by Crippen LogP contribution is 2.25. The molecule has 0 saturated carbocycles. The molecule has 0 aliphatic heterocycles. The number of hydrogen-bond donors (Lipinski definition) is 0. The van der Waals surface area contributed by atoms with Crippen LogP contribution >= 0.6 is 11.6 Å². The molecule has 2 heterocycles. The molecule has 3 aromatic rings. The normalized spacial score (nSPS) is 11.1. The van der Waals surface area contributed by atoms with Crippen molar-refractivity contribution in [1.82, 2.24) is 9.38 Å². The van der Waals surface area contributed by atoms with Gasteiger partial charge in [-0.15, -0.1) is 0 Å². The fourth-order valence-electron chi connectivity index (χ4n) is 2.02. The average Bonchev–Trinajstić information content (AvgIpc) is 2.68. The van der Waals surface area contributed by atoms with Gasteiger partial charge in [-0.3, -0.25) is 0 Å². The summed E-state index contributed by atoms with van der Waals surface area (Å²) in [6, 6.07) is 10.00. The van der Waals surface area contributed by atoms with Gasteiger partial charge in [0.25, 0.3) is 0 Å². The van der Waals surface area contributed by atoms with Crippen molar-refractivity contribution in [3.8, 4) is 11.3 Å². The molecule has 0 spiro atoms. The van der Waals surface area contributed by atoms with Crippen LogP contribution in [-0.2, 0) is 0 Å². The number of imidazole rings is 1. The first-order valence-electron chi connectivity index (χ1n) is 5.55. The standard InChI is InChI=1S/C14H10ClFN2/c1-9-14(10-2-5-12(16)6-3-10)17-13-7-4-11(15)8-18(9)13/h2-8H,1H3. The van der Waals surface area contributed by atoms with E-state index in [0.29, 0.717) is 5.02 Å². The van der Waals surface area contributed by atoms with Gasteiger partial charge in [0, 0.05) is 17.5 Å². The predicted octanol–water partition coefficient (Wildman–Crippen LogP) is 4.10. The summed E-state index contributed by atoms with van der Waals surface area (Å²) in [7, 11) is 0. The lowest BCUT2D eigenvalue weighted by atomic mass is 10.1. The van der Waals surface area contributed by atoms with Crippen molar-refractivity contribution < 1.29 is 4.39 Å². The summed E-state index contributed by atoms with van der Waals surface area (Å²) < 4.78 is 14.8. The van der Waals surface area contributed by atoms with Crippen LogP contribution in [0.4, 0.5) is 4.39 Å². The summed E-state index contributed by atoms with van der Waals surface area (Å²) in [6.07, 6.45) is 1.83. The van der Waals surface area contributed by atoms with E-state index in [9.17, 15) is 4.39 Å². The van der Waals surface area contributed by atoms with Crippen LogP contribution < -0.4 is 0 Å². The maximum atomic E-state index is 12.9. The Morgan fingerprint density at radius 2 is 1.83 bits per heavy atom. The van der Waals surface area contributed by atoms with Gasteiger partial charge in [0.1, 0.15) is 11.5 Å². The van der Waals surface area contributed by atoms with E-state index in [4.69, 9.17) is 11.6 Å². The smallest absolute Gasteiger partial charge is 0.137 e. The molecule has 0 saturated heterocycles. The molecule has 3 rings (SSSR count). The summed E-state index contributed by atoms with van der Waals surface area (Å²) in [5.41, 5.74) is 3.56. The maximum Gasteiger partial charge on any atom is 0.137 e. The largest absolute Gasteiger partial charge is 0.302 e. The molecular formula is C14H10ClFN2. The third kappa shape index (κ3) is 1.77. The van der Waals surface area contributed by atoms with Crippen molar-refractivity contribution in [2.45, 2.75) is 6.92 Å². The molecule has 2 aromatic heterocycles. The van der Waals surface area contributed by atoms with E-state index < -0.39 is 0 Å². The molecule has 4 heteroatoms. The number of pyridine rings is 1. The van der Waals surface area contributed by atoms with E-state index in [1.807, 2.05) is 23.6 Å². The Labute approximate surface area is 109 Å². The van der Waals surface area contributed by atoms with Crippen molar-refractivity contribution in [2.24, 2.45) is 0 Å². The van der Waals surface area contributed by atoms with Crippen LogP contribution in [0.2, 0.25) is 5.02 Å². The molecule has 0 radical (unpaired) electrons. The molecule has 0 atom stereocenters. The van der Waals surface area contributed by atoms with Crippen LogP contribution in [0.15, 0.2) is 42.6 Å². The Bertz CT molecular complexity index is 716. The third-order valence-electron chi connectivity index (χ3n) is 2.94. The fraction of sp³-hybridized carbons (Fsp3) is 0.0714. The Hall–Kier alpha value is -1.87. The van der Waals surface area contributed by atoms with E-state index >= 15 is 0 Å². The first-order valence-corrected chi connectivity index (χ1v) is 5.93. The van der Waals surface area contributed by atoms with Gasteiger partial charge in [-0.1, -0.05) is 11.6 Å². The summed E-state index contributed by atoms with van der Waals surface area (Å²) >= 11 is 5.97. The summed E-state index contributed by atoms with van der Waals surface area (Å²) in [4.78, 5) is 4.54. The first kappa shape index (κ1) is 11.2. The number of aryl methyl sites for hydroxylation is 1. The lowest BCUT2D eigenvalue weighted by molar-refractivity contribution is 0.628. The number of benzene rings is 1. The first-order chi connectivity index (χ1) is 8.65. The van der Waals surface area contributed by atoms with E-state index in [1.165, 1.54) is 12.1 Å². The monoisotopic (exact) mass is 260 g/mol. The second-order valence-electron chi connectivity index (χ2n) is 4.13. The minimum atomic E-state index is -0.247. The van der Waals surface area contributed by atoms with Crippen molar-refractivity contribution >= 4 is 17.2 Å². The second kappa shape index (κ2) is 4.10. The van der Waals surface area contributed by atoms with Gasteiger partial charge in [0.15, 0.2) is 0 Å². The molecule has 0 aliphatic carbocycles. The molecule has 0 unspecified atom stereocenters. The van der Waals surface area contributed by atoms with Crippen molar-refractivity contribution in [3.05, 3.63) is 59.1 Å². The Morgan fingerprint density at radius 1 is 1.11 bits per heavy atom. The topological polar surface area (TPSA) is 17.3 Å². The van der Waals surface area contributed by atoms with E-state index in [-0.39, 0.29) is 5.82 Å². The predicted molar refractivity (Wildman–Crippen MR) is 70.3 cm³/mol. The molecule has 2 nitrogen and oxygen atoms in total. The van der Waals surface area contributed by atoms with Gasteiger partial charge in [-0.25, -0.2) is 9.37 Å². The van der Waals surface area contributed by atoms with Gasteiger partial charge in [-0.2, -0.15) is 0 Å². The van der Waals surface area contributed by atoms with E-state index in [0.717, 1.165) is 22.6 Å². The molecule has 0 fully saturated rings. The number of fused-ring (bicyclic) bond motifs is 1. The van der Waals surface area contributed by atoms with Crippen LogP contribution in [0, 0.1) is 12.7 Å². The minimum Gasteiger partial charge on any atom is -0.302 e. The molecule has 90 valence electrons. The summed E-state index contributed by atoms with van der Waals surface area (Å²) in [6.45, 7) is 1.97. The number of nitrogens with zero attached hydrogens (tertiary/aromatic N) is 2. The molecule has 0 N–H and O–H groups in total. The van der Waals surface area contributed by atoms with Gasteiger partial charge in [-0.05, 0) is 43.3 Å². The minimum absolute atomic E-state index is 0.247. The SMILES string of the molecule is Cc1c(-c2ccc(F)cc2)nc2ccc(Cl)cn12. The molecule has 1 aromatic carbocycles. The highest BCUT2D eigenvalue weighted by Gasteiger charge is 2.10. The highest BCUT2D eigenvalue weighted by molar-refractivity contribution is 6.30. The van der Waals surface area contributed by atoms with Gasteiger partial charge in [0.2, 0.25) is 0 Å². The van der Waals surface area contributed by atoms with E-state index in [1.54, 1.807) is 18.2 Å². The van der Waals surface area contributed by atoms with Crippen LogP contribution in [0.5, 0.6) is 0 Å². The number of hydrogen-bond acceptors (Lipinski definition) is 1. The quantitative estimate of drug-likeness (QED) is 0.644. The zero-order chi connectivity index (χ0) is 12.7. The van der Waals surface area contributed by atoms with E-state index in [2.05, 4.69) is 4.98 Å². The molecule has 0 amide bonds. The molecule has 0 aliphatic rings. The van der Waals surface area contributed by atoms with Crippen molar-refractivity contribution in [1.29, 1.82) is 0 Å². The zero-order valence-electron chi connectivity index (χ0n) is 9.69. The average molecular weight is 261 g/mol. The lowest BCUT2D eigenvalue weighted by Crippen LogP contribution is -1.87. The van der Waals surface area contributed by atoms with Crippen molar-refractivity contribution in [3.63, 3.8) is 0 Å². The number of aromatic nitrogens is 2. The van der Waals surface area contributed by atoms with Gasteiger partial charge < -0.3 is 4.40 Å². The number of rotatable bonds is 1. The molecule has 18 heavy (non-hydrogen) atoms. The van der Waals surface area contributed by atoms with Gasteiger partial charge >= 0.3 is 0 Å². The van der Waals surface area contributed by atoms with Crippen LogP contribution in [0.3, 0.4) is 0 Å². The van der Waals surface area contributed by atoms with Crippen LogP contribution in [0.25, 0.3) is 16.9 Å². The molecular weight excluding hydrogens is 251 g/mol. The fourth-order valence-corrected chi connectivity index (χ4v) is 2.18. The zero-order valence-corrected chi connectivity index (χ0v) is 10.4. The Morgan fingerprint density at radius 3 is 2.56 bits per heavy atom. The lowest BCUT2D eigenvalue weighted by Gasteiger charge is -1.99. The number of halogens is 2. The van der Waals surface area contributed by atoms with Gasteiger partial charge in [0.05, 0.1) is 10.7 Å². The van der Waals surface area contributed by atoms with Crippen LogP contribution in [0.1, 0.15) is 5.69 Å².